The lowest BCUT2D eigenvalue weighted by molar-refractivity contribution is 0.0257. The number of rotatable bonds is 4. The molecule has 0 aliphatic carbocycles. The van der Waals surface area contributed by atoms with E-state index in [1.807, 2.05) is 20.8 Å². The van der Waals surface area contributed by atoms with Crippen molar-refractivity contribution in [2.24, 2.45) is 0 Å². The molecule has 0 saturated carbocycles. The van der Waals surface area contributed by atoms with Crippen LogP contribution in [0.3, 0.4) is 0 Å². The number of anilines is 2. The second-order valence-corrected chi connectivity index (χ2v) is 8.52. The third kappa shape index (κ3) is 4.36. The third-order valence-electron chi connectivity index (χ3n) is 4.35. The Hall–Kier alpha value is -2.62. The van der Waals surface area contributed by atoms with Gasteiger partial charge in [0.15, 0.2) is 11.3 Å². The summed E-state index contributed by atoms with van der Waals surface area (Å²) in [7, 11) is 0. The van der Waals surface area contributed by atoms with Gasteiger partial charge in [-0.15, -0.1) is 10.2 Å². The zero-order chi connectivity index (χ0) is 20.8. The number of hydrogen-bond donors (Lipinski definition) is 1. The molecule has 0 radical (unpaired) electrons. The number of halogens is 3. The van der Waals surface area contributed by atoms with E-state index in [9.17, 15) is 8.78 Å². The van der Waals surface area contributed by atoms with Gasteiger partial charge in [-0.25, -0.2) is 8.78 Å². The molecular weight excluding hydrogens is 402 g/mol. The summed E-state index contributed by atoms with van der Waals surface area (Å²) in [4.78, 5) is 16.1. The van der Waals surface area contributed by atoms with Crippen LogP contribution in [0.5, 0.6) is 0 Å². The molecule has 0 amide bonds. The van der Waals surface area contributed by atoms with Gasteiger partial charge in [-0.1, -0.05) is 11.6 Å². The molecule has 3 aromatic rings. The Bertz CT molecular complexity index is 1050. The number of fused-ring (bicyclic) bond motifs is 1. The number of nitrogens with one attached hydrogen (secondary N) is 1. The topological polar surface area (TPSA) is 84.7 Å². The molecule has 1 aliphatic rings. The van der Waals surface area contributed by atoms with Crippen LogP contribution in [-0.2, 0) is 6.54 Å². The van der Waals surface area contributed by atoms with Crippen LogP contribution in [0.4, 0.5) is 20.5 Å². The molecular formula is C18H21ClF2N8. The number of pyridine rings is 1. The van der Waals surface area contributed by atoms with Gasteiger partial charge in [0.1, 0.15) is 6.54 Å². The van der Waals surface area contributed by atoms with Crippen LogP contribution >= 0.6 is 11.6 Å². The molecule has 1 N–H and O–H groups in total. The van der Waals surface area contributed by atoms with Crippen molar-refractivity contribution >= 4 is 34.5 Å². The van der Waals surface area contributed by atoms with Gasteiger partial charge in [-0.05, 0) is 32.9 Å². The third-order valence-corrected chi connectivity index (χ3v) is 4.70. The summed E-state index contributed by atoms with van der Waals surface area (Å²) in [5.74, 6) is -2.10. The highest BCUT2D eigenvalue weighted by molar-refractivity contribution is 6.31. The summed E-state index contributed by atoms with van der Waals surface area (Å²) >= 11 is 6.18. The maximum Gasteiger partial charge on any atom is 0.266 e. The lowest BCUT2D eigenvalue weighted by Crippen LogP contribution is -2.29. The molecule has 154 valence electrons. The quantitative estimate of drug-likeness (QED) is 0.689. The second-order valence-electron chi connectivity index (χ2n) is 8.11. The summed E-state index contributed by atoms with van der Waals surface area (Å²) in [6.45, 7) is 5.89. The lowest BCUT2D eigenvalue weighted by atomic mass is 10.1. The maximum absolute atomic E-state index is 13.8. The molecule has 0 spiro atoms. The predicted octanol–water partition coefficient (Wildman–Crippen LogP) is 3.37. The lowest BCUT2D eigenvalue weighted by Gasteiger charge is -2.22. The van der Waals surface area contributed by atoms with Crippen molar-refractivity contribution in [3.8, 4) is 0 Å². The number of hydrogen-bond acceptors (Lipinski definition) is 7. The molecule has 3 aromatic heterocycles. The first kappa shape index (κ1) is 19.7. The molecule has 11 heteroatoms. The molecule has 1 fully saturated rings. The Labute approximate surface area is 171 Å². The molecule has 0 unspecified atom stereocenters. The van der Waals surface area contributed by atoms with E-state index in [-0.39, 0.29) is 25.0 Å². The Morgan fingerprint density at radius 3 is 2.69 bits per heavy atom. The molecule has 29 heavy (non-hydrogen) atoms. The van der Waals surface area contributed by atoms with E-state index in [1.54, 1.807) is 18.3 Å². The average Bonchev–Trinajstić information content (AvgIpc) is 3.17. The zero-order valence-electron chi connectivity index (χ0n) is 16.3. The van der Waals surface area contributed by atoms with E-state index < -0.39 is 12.5 Å². The minimum absolute atomic E-state index is 0.188. The smallest absolute Gasteiger partial charge is 0.266 e. The molecule has 0 atom stereocenters. The second kappa shape index (κ2) is 7.01. The van der Waals surface area contributed by atoms with Crippen LogP contribution in [0.2, 0.25) is 5.02 Å². The van der Waals surface area contributed by atoms with Crippen LogP contribution in [0.1, 0.15) is 32.9 Å². The first-order chi connectivity index (χ1) is 13.6. The summed E-state index contributed by atoms with van der Waals surface area (Å²) in [5.41, 5.74) is 0.986. The molecule has 1 aliphatic heterocycles. The van der Waals surface area contributed by atoms with Gasteiger partial charge in [-0.2, -0.15) is 14.8 Å². The monoisotopic (exact) mass is 422 g/mol. The normalized spacial score (nSPS) is 16.6. The van der Waals surface area contributed by atoms with E-state index in [2.05, 4.69) is 30.5 Å². The highest BCUT2D eigenvalue weighted by Crippen LogP contribution is 2.33. The van der Waals surface area contributed by atoms with Crippen LogP contribution < -0.4 is 10.2 Å². The highest BCUT2D eigenvalue weighted by atomic mass is 35.5. The van der Waals surface area contributed by atoms with Gasteiger partial charge in [0.05, 0.1) is 17.3 Å². The highest BCUT2D eigenvalue weighted by Gasteiger charge is 2.40. The van der Waals surface area contributed by atoms with Crippen molar-refractivity contribution in [1.29, 1.82) is 0 Å². The largest absolute Gasteiger partial charge is 0.350 e. The van der Waals surface area contributed by atoms with E-state index in [1.165, 1.54) is 9.70 Å². The molecule has 0 bridgehead atoms. The van der Waals surface area contributed by atoms with E-state index in [0.29, 0.717) is 33.6 Å². The van der Waals surface area contributed by atoms with Gasteiger partial charge < -0.3 is 10.2 Å². The van der Waals surface area contributed by atoms with Crippen molar-refractivity contribution in [2.75, 3.05) is 23.3 Å². The summed E-state index contributed by atoms with van der Waals surface area (Å²) < 4.78 is 27.6. The zero-order valence-corrected chi connectivity index (χ0v) is 17.1. The van der Waals surface area contributed by atoms with E-state index >= 15 is 0 Å². The Morgan fingerprint density at radius 1 is 1.24 bits per heavy atom. The minimum atomic E-state index is -2.76. The van der Waals surface area contributed by atoms with E-state index in [0.717, 1.165) is 0 Å². The fourth-order valence-corrected chi connectivity index (χ4v) is 3.29. The molecule has 4 rings (SSSR count). The molecule has 1 saturated heterocycles. The summed E-state index contributed by atoms with van der Waals surface area (Å²) in [5, 5.41) is 12.5. The maximum atomic E-state index is 13.8. The van der Waals surface area contributed by atoms with Gasteiger partial charge in [0.2, 0.25) is 11.6 Å². The van der Waals surface area contributed by atoms with Crippen molar-refractivity contribution in [3.05, 3.63) is 29.0 Å². The standard InChI is InChI=1S/C18H21ClF2N8/c1-17(2,3)25-16-23-14-13(15(24-16)28-8-6-18(20,21)10-28)26-29(27-14)9-12-11(19)5-4-7-22-12/h4-5,7H,6,8-10H2,1-3H3,(H,23,25,27). The van der Waals surface area contributed by atoms with Crippen molar-refractivity contribution < 1.29 is 8.78 Å². The summed E-state index contributed by atoms with van der Waals surface area (Å²) in [6, 6.07) is 3.47. The van der Waals surface area contributed by atoms with E-state index in [4.69, 9.17) is 11.6 Å². The number of alkyl halides is 2. The average molecular weight is 423 g/mol. The van der Waals surface area contributed by atoms with Crippen molar-refractivity contribution in [3.63, 3.8) is 0 Å². The number of aromatic nitrogens is 6. The molecule has 4 heterocycles. The Balaban J connectivity index is 1.76. The predicted molar refractivity (Wildman–Crippen MR) is 107 cm³/mol. The van der Waals surface area contributed by atoms with Crippen molar-refractivity contribution in [1.82, 2.24) is 29.9 Å². The first-order valence-corrected chi connectivity index (χ1v) is 9.61. The van der Waals surface area contributed by atoms with Crippen molar-refractivity contribution in [2.45, 2.75) is 45.2 Å². The molecule has 8 nitrogen and oxygen atoms in total. The van der Waals surface area contributed by atoms with Gasteiger partial charge in [0, 0.05) is 24.7 Å². The van der Waals surface area contributed by atoms with Crippen LogP contribution in [0, 0.1) is 0 Å². The van der Waals surface area contributed by atoms with Gasteiger partial charge in [0.25, 0.3) is 5.92 Å². The van der Waals surface area contributed by atoms with Gasteiger partial charge >= 0.3 is 0 Å². The fraction of sp³-hybridized carbons (Fsp3) is 0.500. The SMILES string of the molecule is CC(C)(C)Nc1nc(N2CCC(F)(F)C2)c2nn(Cc3ncccc3Cl)nc2n1. The Morgan fingerprint density at radius 2 is 2.03 bits per heavy atom. The molecule has 0 aromatic carbocycles. The van der Waals surface area contributed by atoms with Gasteiger partial charge in [-0.3, -0.25) is 4.98 Å². The van der Waals surface area contributed by atoms with Crippen LogP contribution in [0.25, 0.3) is 11.2 Å². The number of nitrogens with zero attached hydrogens (tertiary/aromatic N) is 7. The minimum Gasteiger partial charge on any atom is -0.350 e. The van der Waals surface area contributed by atoms with Crippen LogP contribution in [-0.4, -0.2) is 54.5 Å². The Kier molecular flexibility index (Phi) is 4.76. The fourth-order valence-electron chi connectivity index (χ4n) is 3.11. The summed E-state index contributed by atoms with van der Waals surface area (Å²) in [6.07, 6.45) is 1.41. The first-order valence-electron chi connectivity index (χ1n) is 9.23. The van der Waals surface area contributed by atoms with Crippen LogP contribution in [0.15, 0.2) is 18.3 Å².